The number of nitrogens with zero attached hydrogens (tertiary/aromatic N) is 4. The van der Waals surface area contributed by atoms with Crippen LogP contribution in [0.1, 0.15) is 48.8 Å². The van der Waals surface area contributed by atoms with E-state index >= 15 is 0 Å². The van der Waals surface area contributed by atoms with Crippen molar-refractivity contribution < 1.29 is 4.74 Å². The summed E-state index contributed by atoms with van der Waals surface area (Å²) in [7, 11) is 0. The summed E-state index contributed by atoms with van der Waals surface area (Å²) in [4.78, 5) is 14.6. The van der Waals surface area contributed by atoms with E-state index < -0.39 is 0 Å². The first-order chi connectivity index (χ1) is 18.7. The van der Waals surface area contributed by atoms with Crippen LogP contribution in [0.4, 0.5) is 17.6 Å². The van der Waals surface area contributed by atoms with E-state index in [4.69, 9.17) is 26.9 Å². The van der Waals surface area contributed by atoms with E-state index in [9.17, 15) is 0 Å². The number of benzene rings is 2. The van der Waals surface area contributed by atoms with Crippen molar-refractivity contribution in [1.82, 2.24) is 15.3 Å². The van der Waals surface area contributed by atoms with Gasteiger partial charge in [0.25, 0.3) is 0 Å². The van der Waals surface area contributed by atoms with E-state index in [0.717, 1.165) is 70.4 Å². The number of piperidine rings is 1. The van der Waals surface area contributed by atoms with Crippen LogP contribution in [0.15, 0.2) is 60.7 Å². The minimum Gasteiger partial charge on any atom is -0.381 e. The van der Waals surface area contributed by atoms with Crippen molar-refractivity contribution in [3.63, 3.8) is 0 Å². The van der Waals surface area contributed by atoms with Crippen molar-refractivity contribution >= 4 is 34.9 Å². The quantitative estimate of drug-likeness (QED) is 0.433. The van der Waals surface area contributed by atoms with Crippen molar-refractivity contribution in [2.45, 2.75) is 50.6 Å². The van der Waals surface area contributed by atoms with Gasteiger partial charge in [-0.2, -0.15) is 9.97 Å². The lowest BCUT2D eigenvalue weighted by molar-refractivity contribution is 0.0515. The topological polar surface area (TPSA) is 65.6 Å². The summed E-state index contributed by atoms with van der Waals surface area (Å²) < 4.78 is 5.70. The van der Waals surface area contributed by atoms with Crippen LogP contribution in [0.2, 0.25) is 0 Å². The molecule has 0 aliphatic carbocycles. The van der Waals surface area contributed by atoms with E-state index in [1.165, 1.54) is 36.0 Å². The molecule has 0 atom stereocenters. The summed E-state index contributed by atoms with van der Waals surface area (Å²) >= 11 is 5.78. The second-order valence-electron chi connectivity index (χ2n) is 10.6. The van der Waals surface area contributed by atoms with E-state index in [-0.39, 0.29) is 5.41 Å². The van der Waals surface area contributed by atoms with Crippen LogP contribution in [-0.4, -0.2) is 47.9 Å². The molecule has 7 nitrogen and oxygen atoms in total. The third-order valence-electron chi connectivity index (χ3n) is 8.19. The molecule has 2 saturated heterocycles. The zero-order chi connectivity index (χ0) is 25.8. The largest absolute Gasteiger partial charge is 0.381 e. The summed E-state index contributed by atoms with van der Waals surface area (Å²) in [6.07, 6.45) is 5.61. The first-order valence-electron chi connectivity index (χ1n) is 13.8. The summed E-state index contributed by atoms with van der Waals surface area (Å²) in [5.74, 6) is 2.46. The molecular formula is C30H36N6OS. The van der Waals surface area contributed by atoms with Gasteiger partial charge in [0, 0.05) is 57.4 Å². The van der Waals surface area contributed by atoms with Crippen LogP contribution in [0.25, 0.3) is 0 Å². The molecule has 3 aliphatic rings. The first-order valence-corrected chi connectivity index (χ1v) is 14.2. The third kappa shape index (κ3) is 5.47. The average Bonchev–Trinajstić information content (AvgIpc) is 3.42. The Morgan fingerprint density at radius 1 is 0.842 bits per heavy atom. The maximum absolute atomic E-state index is 5.78. The van der Waals surface area contributed by atoms with Gasteiger partial charge in [-0.1, -0.05) is 54.6 Å². The fourth-order valence-corrected chi connectivity index (χ4v) is 6.10. The van der Waals surface area contributed by atoms with Gasteiger partial charge < -0.3 is 25.2 Å². The molecule has 0 bridgehead atoms. The van der Waals surface area contributed by atoms with E-state index in [0.29, 0.717) is 11.1 Å². The molecule has 3 aliphatic heterocycles. The predicted molar refractivity (Wildman–Crippen MR) is 157 cm³/mol. The molecule has 0 radical (unpaired) electrons. The Hall–Kier alpha value is -3.23. The minimum atomic E-state index is -0.00571. The number of thiocarbonyl (C=S) groups is 1. The maximum atomic E-state index is 5.78. The highest BCUT2D eigenvalue weighted by Gasteiger charge is 2.34. The fourth-order valence-electron chi connectivity index (χ4n) is 5.94. The summed E-state index contributed by atoms with van der Waals surface area (Å²) in [6, 6.07) is 21.5. The SMILES string of the molecule is S=C(NCC1(c2ccccc2)CCOCC1)Nc1nc(N2CCCCC2)cc(N2Cc3ccccc3C2)n1. The molecule has 0 spiro atoms. The first kappa shape index (κ1) is 25.1. The van der Waals surface area contributed by atoms with Gasteiger partial charge in [-0.3, -0.25) is 0 Å². The molecule has 8 heteroatoms. The number of aromatic nitrogens is 2. The second-order valence-corrected chi connectivity index (χ2v) is 11.1. The fraction of sp³-hybridized carbons (Fsp3) is 0.433. The van der Waals surface area contributed by atoms with Crippen molar-refractivity contribution in [2.24, 2.45) is 0 Å². The van der Waals surface area contributed by atoms with Crippen LogP contribution in [0, 0.1) is 0 Å². The Morgan fingerprint density at radius 2 is 1.47 bits per heavy atom. The Bertz CT molecular complexity index is 1230. The molecule has 198 valence electrons. The number of nitrogens with one attached hydrogen (secondary N) is 2. The van der Waals surface area contributed by atoms with E-state index in [2.05, 4.69) is 81.1 Å². The third-order valence-corrected chi connectivity index (χ3v) is 8.44. The number of fused-ring (bicyclic) bond motifs is 1. The highest BCUT2D eigenvalue weighted by atomic mass is 32.1. The Labute approximate surface area is 230 Å². The second kappa shape index (κ2) is 11.3. The van der Waals surface area contributed by atoms with Crippen LogP contribution in [-0.2, 0) is 23.2 Å². The van der Waals surface area contributed by atoms with Crippen LogP contribution < -0.4 is 20.4 Å². The highest BCUT2D eigenvalue weighted by molar-refractivity contribution is 7.80. The Balaban J connectivity index is 1.20. The van der Waals surface area contributed by atoms with Gasteiger partial charge in [-0.05, 0) is 61.0 Å². The number of rotatable bonds is 6. The molecule has 0 amide bonds. The molecular weight excluding hydrogens is 492 g/mol. The van der Waals surface area contributed by atoms with Gasteiger partial charge in [0.15, 0.2) is 5.11 Å². The lowest BCUT2D eigenvalue weighted by Gasteiger charge is -2.38. The molecule has 2 N–H and O–H groups in total. The van der Waals surface area contributed by atoms with Gasteiger partial charge in [-0.15, -0.1) is 0 Å². The standard InChI is InChI=1S/C30H36N6OS/c38-29(31-22-30(13-17-37-18-14-30)25-11-3-1-4-12-25)34-28-32-26(35-15-7-2-8-16-35)19-27(33-28)36-20-23-9-5-6-10-24(23)21-36/h1,3-6,9-12,19H,2,7-8,13-18,20-22H2,(H2,31,32,33,34,38). The van der Waals surface area contributed by atoms with Crippen LogP contribution in [0.5, 0.6) is 0 Å². The zero-order valence-corrected chi connectivity index (χ0v) is 22.7. The lowest BCUT2D eigenvalue weighted by Crippen LogP contribution is -2.45. The smallest absolute Gasteiger partial charge is 0.232 e. The summed E-state index contributed by atoms with van der Waals surface area (Å²) in [6.45, 7) is 6.04. The van der Waals surface area contributed by atoms with Gasteiger partial charge in [0.05, 0.1) is 0 Å². The Kier molecular flexibility index (Phi) is 7.42. The molecule has 2 aromatic carbocycles. The van der Waals surface area contributed by atoms with Crippen molar-refractivity contribution in [3.8, 4) is 0 Å². The highest BCUT2D eigenvalue weighted by Crippen LogP contribution is 2.34. The predicted octanol–water partition coefficient (Wildman–Crippen LogP) is 5.02. The molecule has 2 fully saturated rings. The number of anilines is 3. The van der Waals surface area contributed by atoms with E-state index in [1.54, 1.807) is 0 Å². The lowest BCUT2D eigenvalue weighted by atomic mass is 9.74. The van der Waals surface area contributed by atoms with Crippen molar-refractivity contribution in [2.75, 3.05) is 48.0 Å². The monoisotopic (exact) mass is 528 g/mol. The van der Waals surface area contributed by atoms with Crippen LogP contribution in [0.3, 0.4) is 0 Å². The number of ether oxygens (including phenoxy) is 1. The van der Waals surface area contributed by atoms with Gasteiger partial charge in [0.2, 0.25) is 5.95 Å². The molecule has 0 saturated carbocycles. The minimum absolute atomic E-state index is 0.00571. The molecule has 3 aromatic rings. The van der Waals surface area contributed by atoms with Crippen LogP contribution >= 0.6 is 12.2 Å². The summed E-state index contributed by atoms with van der Waals surface area (Å²) in [5.41, 5.74) is 4.05. The molecule has 4 heterocycles. The zero-order valence-electron chi connectivity index (χ0n) is 21.9. The van der Waals surface area contributed by atoms with Gasteiger partial charge in [0.1, 0.15) is 11.6 Å². The molecule has 1 aromatic heterocycles. The normalized spacial score (nSPS) is 18.6. The van der Waals surface area contributed by atoms with Gasteiger partial charge in [-0.25, -0.2) is 0 Å². The number of hydrogen-bond donors (Lipinski definition) is 2. The van der Waals surface area contributed by atoms with Gasteiger partial charge >= 0.3 is 0 Å². The molecule has 38 heavy (non-hydrogen) atoms. The maximum Gasteiger partial charge on any atom is 0.232 e. The van der Waals surface area contributed by atoms with Crippen molar-refractivity contribution in [3.05, 3.63) is 77.4 Å². The van der Waals surface area contributed by atoms with Crippen molar-refractivity contribution in [1.29, 1.82) is 0 Å². The van der Waals surface area contributed by atoms with E-state index in [1.807, 2.05) is 0 Å². The molecule has 6 rings (SSSR count). The summed E-state index contributed by atoms with van der Waals surface area (Å²) in [5, 5.41) is 7.38. The average molecular weight is 529 g/mol. The molecule has 0 unspecified atom stereocenters. The Morgan fingerprint density at radius 3 is 2.16 bits per heavy atom. The number of hydrogen-bond acceptors (Lipinski definition) is 6.